The molecule has 3 atom stereocenters. The maximum Gasteiger partial charge on any atom is 0.155 e. The summed E-state index contributed by atoms with van der Waals surface area (Å²) in [6, 6.07) is 0. The molecule has 0 aromatic heterocycles. The van der Waals surface area contributed by atoms with Gasteiger partial charge in [-0.25, -0.2) is 0 Å². The van der Waals surface area contributed by atoms with Crippen molar-refractivity contribution in [3.05, 3.63) is 23.8 Å². The highest BCUT2D eigenvalue weighted by atomic mass is 16.1. The van der Waals surface area contributed by atoms with Crippen LogP contribution in [0.1, 0.15) is 59.3 Å². The normalized spacial score (nSPS) is 34.9. The van der Waals surface area contributed by atoms with Crippen LogP contribution in [-0.2, 0) is 4.79 Å². The minimum absolute atomic E-state index is 0.268. The zero-order valence-electron chi connectivity index (χ0n) is 12.0. The van der Waals surface area contributed by atoms with Gasteiger partial charge in [0.05, 0.1) is 0 Å². The monoisotopic (exact) mass is 246 g/mol. The fourth-order valence-corrected chi connectivity index (χ4v) is 4.07. The maximum atomic E-state index is 11.7. The second-order valence-electron chi connectivity index (χ2n) is 5.99. The Hall–Kier alpha value is -0.850. The Morgan fingerprint density at radius 3 is 2.83 bits per heavy atom. The number of fused-ring (bicyclic) bond motifs is 1. The zero-order valence-corrected chi connectivity index (χ0v) is 12.0. The van der Waals surface area contributed by atoms with Crippen LogP contribution < -0.4 is 0 Å². The SMILES string of the molecule is CCCC1CC=CC2CCC(C(C)=O)=CC21CC. The Morgan fingerprint density at radius 2 is 2.22 bits per heavy atom. The summed E-state index contributed by atoms with van der Waals surface area (Å²) in [4.78, 5) is 11.7. The van der Waals surface area contributed by atoms with Crippen LogP contribution >= 0.6 is 0 Å². The number of carbonyl (C=O) groups excluding carboxylic acids is 1. The molecule has 0 N–H and O–H groups in total. The third-order valence-corrected chi connectivity index (χ3v) is 5.11. The lowest BCUT2D eigenvalue weighted by atomic mass is 9.56. The molecule has 0 bridgehead atoms. The number of ketones is 1. The zero-order chi connectivity index (χ0) is 13.2. The number of allylic oxidation sites excluding steroid dienone is 4. The van der Waals surface area contributed by atoms with Crippen molar-refractivity contribution >= 4 is 5.78 Å². The molecule has 2 aliphatic rings. The second kappa shape index (κ2) is 5.42. The predicted octanol–water partition coefficient (Wildman–Crippen LogP) is 4.68. The molecular formula is C17H26O. The van der Waals surface area contributed by atoms with Gasteiger partial charge in [-0.15, -0.1) is 0 Å². The van der Waals surface area contributed by atoms with Gasteiger partial charge < -0.3 is 0 Å². The maximum absolute atomic E-state index is 11.7. The first-order valence-electron chi connectivity index (χ1n) is 7.53. The molecule has 0 aromatic rings. The van der Waals surface area contributed by atoms with Crippen molar-refractivity contribution < 1.29 is 4.79 Å². The highest BCUT2D eigenvalue weighted by Crippen LogP contribution is 2.53. The molecule has 0 heterocycles. The van der Waals surface area contributed by atoms with Crippen LogP contribution in [0.25, 0.3) is 0 Å². The van der Waals surface area contributed by atoms with Crippen molar-refractivity contribution in [2.24, 2.45) is 17.3 Å². The highest BCUT2D eigenvalue weighted by Gasteiger charge is 2.44. The molecule has 1 heteroatoms. The number of carbonyl (C=O) groups is 1. The lowest BCUT2D eigenvalue weighted by Crippen LogP contribution is -2.40. The molecule has 0 amide bonds. The molecule has 2 aliphatic carbocycles. The molecule has 0 radical (unpaired) electrons. The molecular weight excluding hydrogens is 220 g/mol. The van der Waals surface area contributed by atoms with Crippen LogP contribution in [0.15, 0.2) is 23.8 Å². The lowest BCUT2D eigenvalue weighted by Gasteiger charge is -2.48. The van der Waals surface area contributed by atoms with Gasteiger partial charge in [0.25, 0.3) is 0 Å². The average molecular weight is 246 g/mol. The van der Waals surface area contributed by atoms with Gasteiger partial charge in [0.15, 0.2) is 5.78 Å². The summed E-state index contributed by atoms with van der Waals surface area (Å²) in [6.45, 7) is 6.30. The van der Waals surface area contributed by atoms with E-state index in [9.17, 15) is 4.79 Å². The largest absolute Gasteiger partial charge is 0.295 e. The minimum Gasteiger partial charge on any atom is -0.295 e. The van der Waals surface area contributed by atoms with Gasteiger partial charge in [0.1, 0.15) is 0 Å². The third kappa shape index (κ3) is 2.20. The number of hydrogen-bond donors (Lipinski definition) is 0. The molecule has 18 heavy (non-hydrogen) atoms. The van der Waals surface area contributed by atoms with Crippen molar-refractivity contribution in [2.75, 3.05) is 0 Å². The fourth-order valence-electron chi connectivity index (χ4n) is 4.07. The Balaban J connectivity index is 2.40. The van der Waals surface area contributed by atoms with Gasteiger partial charge in [-0.05, 0) is 61.9 Å². The summed E-state index contributed by atoms with van der Waals surface area (Å²) in [6.07, 6.45) is 14.2. The quantitative estimate of drug-likeness (QED) is 0.658. The van der Waals surface area contributed by atoms with Crippen molar-refractivity contribution in [1.82, 2.24) is 0 Å². The molecule has 0 spiro atoms. The number of hydrogen-bond acceptors (Lipinski definition) is 1. The molecule has 0 saturated carbocycles. The summed E-state index contributed by atoms with van der Waals surface area (Å²) in [5, 5.41) is 0. The van der Waals surface area contributed by atoms with E-state index in [1.165, 1.54) is 25.7 Å². The van der Waals surface area contributed by atoms with Gasteiger partial charge in [-0.3, -0.25) is 4.79 Å². The van der Waals surface area contributed by atoms with E-state index in [4.69, 9.17) is 0 Å². The van der Waals surface area contributed by atoms with E-state index in [2.05, 4.69) is 32.1 Å². The molecule has 0 fully saturated rings. The molecule has 3 unspecified atom stereocenters. The van der Waals surface area contributed by atoms with E-state index in [1.807, 2.05) is 0 Å². The van der Waals surface area contributed by atoms with E-state index in [-0.39, 0.29) is 11.2 Å². The van der Waals surface area contributed by atoms with Gasteiger partial charge in [-0.1, -0.05) is 38.5 Å². The van der Waals surface area contributed by atoms with Crippen LogP contribution in [0.3, 0.4) is 0 Å². The second-order valence-corrected chi connectivity index (χ2v) is 5.99. The van der Waals surface area contributed by atoms with Crippen LogP contribution in [0.2, 0.25) is 0 Å². The summed E-state index contributed by atoms with van der Waals surface area (Å²) >= 11 is 0. The van der Waals surface area contributed by atoms with E-state index < -0.39 is 0 Å². The van der Waals surface area contributed by atoms with Crippen molar-refractivity contribution in [2.45, 2.75) is 59.3 Å². The Bertz CT molecular complexity index is 377. The molecule has 0 saturated heterocycles. The van der Waals surface area contributed by atoms with Crippen molar-refractivity contribution in [1.29, 1.82) is 0 Å². The van der Waals surface area contributed by atoms with Gasteiger partial charge in [0, 0.05) is 0 Å². The summed E-state index contributed by atoms with van der Waals surface area (Å²) in [7, 11) is 0. The van der Waals surface area contributed by atoms with Crippen LogP contribution in [-0.4, -0.2) is 5.78 Å². The minimum atomic E-state index is 0.268. The topological polar surface area (TPSA) is 17.1 Å². The molecule has 2 rings (SSSR count). The third-order valence-electron chi connectivity index (χ3n) is 5.11. The highest BCUT2D eigenvalue weighted by molar-refractivity contribution is 5.93. The van der Waals surface area contributed by atoms with Gasteiger partial charge in [-0.2, -0.15) is 0 Å². The van der Waals surface area contributed by atoms with E-state index >= 15 is 0 Å². The fraction of sp³-hybridized carbons (Fsp3) is 0.706. The lowest BCUT2D eigenvalue weighted by molar-refractivity contribution is -0.114. The Labute approximate surface area is 111 Å². The van der Waals surface area contributed by atoms with Gasteiger partial charge in [0.2, 0.25) is 0 Å². The Kier molecular flexibility index (Phi) is 4.09. The first kappa shape index (κ1) is 13.6. The first-order valence-corrected chi connectivity index (χ1v) is 7.53. The van der Waals surface area contributed by atoms with E-state index in [0.717, 1.165) is 24.3 Å². The van der Waals surface area contributed by atoms with Crippen molar-refractivity contribution in [3.63, 3.8) is 0 Å². The van der Waals surface area contributed by atoms with Crippen molar-refractivity contribution in [3.8, 4) is 0 Å². The molecule has 100 valence electrons. The molecule has 0 aliphatic heterocycles. The predicted molar refractivity (Wildman–Crippen MR) is 76.4 cm³/mol. The smallest absolute Gasteiger partial charge is 0.155 e. The standard InChI is InChI=1S/C17H26O/c1-4-7-15-8-6-9-16-11-10-14(13(3)18)12-17(15,16)5-2/h6,9,12,15-16H,4-5,7-8,10-11H2,1-3H3. The average Bonchev–Trinajstić information content (AvgIpc) is 2.38. The number of rotatable bonds is 4. The van der Waals surface area contributed by atoms with E-state index in [1.54, 1.807) is 6.92 Å². The first-order chi connectivity index (χ1) is 8.64. The summed E-state index contributed by atoms with van der Waals surface area (Å²) in [5.41, 5.74) is 1.36. The molecule has 1 nitrogen and oxygen atoms in total. The van der Waals surface area contributed by atoms with Crippen LogP contribution in [0.4, 0.5) is 0 Å². The van der Waals surface area contributed by atoms with E-state index in [0.29, 0.717) is 5.92 Å². The summed E-state index contributed by atoms with van der Waals surface area (Å²) in [5.74, 6) is 1.68. The van der Waals surface area contributed by atoms with Gasteiger partial charge >= 0.3 is 0 Å². The Morgan fingerprint density at radius 1 is 1.44 bits per heavy atom. The van der Waals surface area contributed by atoms with Crippen LogP contribution in [0, 0.1) is 17.3 Å². The van der Waals surface area contributed by atoms with Crippen LogP contribution in [0.5, 0.6) is 0 Å². The number of Topliss-reactive ketones (excluding diaryl/α,β-unsaturated/α-hetero) is 1. The molecule has 0 aromatic carbocycles. The summed E-state index contributed by atoms with van der Waals surface area (Å²) < 4.78 is 0.